The number of nitrogens with zero attached hydrogens (tertiary/aromatic N) is 3. The maximum atomic E-state index is 6.91. The Morgan fingerprint density at radius 1 is 0.163 bits per heavy atom. The van der Waals surface area contributed by atoms with Crippen LogP contribution in [0.25, 0.3) is 258 Å². The minimum Gasteiger partial charge on any atom is -0.455 e. The van der Waals surface area contributed by atoms with Crippen molar-refractivity contribution in [2.24, 2.45) is 0 Å². The maximum absolute atomic E-state index is 6.91. The van der Waals surface area contributed by atoms with Gasteiger partial charge in [0, 0.05) is 135 Å². The van der Waals surface area contributed by atoms with Crippen LogP contribution >= 0.6 is 11.3 Å². The summed E-state index contributed by atoms with van der Waals surface area (Å²) in [5, 5.41) is 14.9. The zero-order chi connectivity index (χ0) is 97.8. The van der Waals surface area contributed by atoms with E-state index in [4.69, 9.17) is 8.83 Å². The molecule has 0 unspecified atom stereocenters. The summed E-state index contributed by atoms with van der Waals surface area (Å²) < 4.78 is 23.7. The monoisotopic (exact) mass is 1900 g/mol. The molecule has 0 saturated carbocycles. The number of rotatable bonds is 10. The van der Waals surface area contributed by atoms with Gasteiger partial charge in [0.05, 0.1) is 33.1 Å². The van der Waals surface area contributed by atoms with Crippen LogP contribution in [0.4, 0.5) is 0 Å². The van der Waals surface area contributed by atoms with Gasteiger partial charge in [-0.05, 0) is 214 Å². The molecule has 3 aliphatic rings. The van der Waals surface area contributed by atoms with E-state index in [0.29, 0.717) is 0 Å². The Kier molecular flexibility index (Phi) is 19.3. The summed E-state index contributed by atoms with van der Waals surface area (Å²) >= 11 is 1.95. The molecule has 22 aromatic carbocycles. The summed E-state index contributed by atoms with van der Waals surface area (Å²) in [6.07, 6.45) is 0. The Morgan fingerprint density at radius 3 is 0.816 bits per heavy atom. The van der Waals surface area contributed by atoms with Crippen molar-refractivity contribution < 1.29 is 8.83 Å². The van der Waals surface area contributed by atoms with Crippen LogP contribution in [0.2, 0.25) is 0 Å². The summed E-state index contributed by atoms with van der Waals surface area (Å²) in [5.41, 5.74) is 47.4. The van der Waals surface area contributed by atoms with Gasteiger partial charge in [0.25, 0.3) is 0 Å². The molecule has 0 fully saturated rings. The highest BCUT2D eigenvalue weighted by molar-refractivity contribution is 7.27. The average molecular weight is 1900 g/mol. The highest BCUT2D eigenvalue weighted by Crippen LogP contribution is 2.59. The largest absolute Gasteiger partial charge is 0.455 e. The third-order valence-corrected chi connectivity index (χ3v) is 33.8. The van der Waals surface area contributed by atoms with Gasteiger partial charge < -0.3 is 22.5 Å². The van der Waals surface area contributed by atoms with Gasteiger partial charge in [0.1, 0.15) is 22.3 Å². The van der Waals surface area contributed by atoms with Crippen molar-refractivity contribution in [3.8, 4) is 128 Å². The number of benzene rings is 22. The normalized spacial score (nSPS) is 13.4. The van der Waals surface area contributed by atoms with E-state index in [0.717, 1.165) is 61.0 Å². The van der Waals surface area contributed by atoms with Crippen LogP contribution in [0.3, 0.4) is 0 Å². The zero-order valence-electron chi connectivity index (χ0n) is 82.2. The SMILES string of the molecule is CC1(C)c2ccccc2-c2c1ccc1c2oc2c(-c3ccc(-c4ccc5c(c4)c4cc(-c6ccccc6)ccc4n5-c4ccccc4)cc3)cccc21.CC1(C)c2ccccc2-c2c1ccc1c2oc2c(-c3ccc(-c4ccc5c(c4)c4ccccc4n5-c4ccccc4)cc3)cccc21.CC1(C)c2ccccc2-c2c1ccc1c2sc2c(-c3ccc(-c4ccc5c(c4)c4ccccc4n5-c4ccccc4)cc3)cccc21. The van der Waals surface area contributed by atoms with E-state index in [-0.39, 0.29) is 16.2 Å². The van der Waals surface area contributed by atoms with Crippen LogP contribution in [0.1, 0.15) is 74.9 Å². The predicted octanol–water partition coefficient (Wildman–Crippen LogP) is 39.1. The fourth-order valence-corrected chi connectivity index (χ4v) is 26.6. The van der Waals surface area contributed by atoms with Gasteiger partial charge in [-0.15, -0.1) is 11.3 Å². The molecule has 0 saturated heterocycles. The van der Waals surface area contributed by atoms with Crippen LogP contribution < -0.4 is 0 Å². The fraction of sp³-hybridized carbons (Fsp3) is 0.0638. The fourth-order valence-electron chi connectivity index (χ4n) is 25.2. The third kappa shape index (κ3) is 13.2. The molecular weight excluding hydrogens is 1800 g/mol. The lowest BCUT2D eigenvalue weighted by atomic mass is 9.82. The van der Waals surface area contributed by atoms with Crippen LogP contribution in [0.5, 0.6) is 0 Å². The first-order chi connectivity index (χ1) is 72.2. The lowest BCUT2D eigenvalue weighted by Gasteiger charge is -2.21. The van der Waals surface area contributed by atoms with Crippen molar-refractivity contribution in [2.75, 3.05) is 0 Å². The van der Waals surface area contributed by atoms with Crippen molar-refractivity contribution in [1.82, 2.24) is 13.7 Å². The molecule has 0 bridgehead atoms. The molecule has 31 rings (SSSR count). The van der Waals surface area contributed by atoms with Gasteiger partial charge in [-0.1, -0.05) is 424 Å². The van der Waals surface area contributed by atoms with Crippen molar-refractivity contribution in [1.29, 1.82) is 0 Å². The van der Waals surface area contributed by atoms with Crippen LogP contribution in [0.15, 0.2) is 488 Å². The van der Waals surface area contributed by atoms with E-state index in [1.807, 2.05) is 11.3 Å². The van der Waals surface area contributed by atoms with Gasteiger partial charge in [0.15, 0.2) is 0 Å². The number of hydrogen-bond donors (Lipinski definition) is 0. The zero-order valence-corrected chi connectivity index (χ0v) is 83.0. The highest BCUT2D eigenvalue weighted by Gasteiger charge is 2.41. The molecule has 0 spiro atoms. The molecule has 5 nitrogen and oxygen atoms in total. The summed E-state index contributed by atoms with van der Waals surface area (Å²) in [4.78, 5) is 0. The van der Waals surface area contributed by atoms with Gasteiger partial charge in [0.2, 0.25) is 0 Å². The van der Waals surface area contributed by atoms with E-state index in [1.54, 1.807) is 0 Å². The molecular formula is C141H97N3O2S. The smallest absolute Gasteiger partial charge is 0.143 e. The molecule has 147 heavy (non-hydrogen) atoms. The van der Waals surface area contributed by atoms with E-state index in [2.05, 4.69) is 534 Å². The van der Waals surface area contributed by atoms with Crippen molar-refractivity contribution in [3.05, 3.63) is 513 Å². The Hall–Kier alpha value is -17.9. The predicted molar refractivity (Wildman–Crippen MR) is 621 cm³/mol. The van der Waals surface area contributed by atoms with E-state index < -0.39 is 0 Å². The lowest BCUT2D eigenvalue weighted by Crippen LogP contribution is -2.14. The molecule has 0 aliphatic heterocycles. The first-order valence-corrected chi connectivity index (χ1v) is 52.0. The Balaban J connectivity index is 0.000000104. The number of hydrogen-bond acceptors (Lipinski definition) is 3. The first-order valence-electron chi connectivity index (χ1n) is 51.1. The highest BCUT2D eigenvalue weighted by atomic mass is 32.1. The minimum absolute atomic E-state index is 0.00835. The maximum Gasteiger partial charge on any atom is 0.143 e. The summed E-state index contributed by atoms with van der Waals surface area (Å²) in [5.74, 6) is 0. The van der Waals surface area contributed by atoms with Crippen molar-refractivity contribution >= 4 is 141 Å². The molecule has 0 amide bonds. The number of furan rings is 2. The number of para-hydroxylation sites is 7. The topological polar surface area (TPSA) is 41.1 Å². The standard InChI is InChI=1S/C51H35NO.C45H31NO.C45H31NS/c1-51(2)44-19-10-9-16-41(44)48-45(51)27-26-40-39-18-11-17-38(49(39)53-50(40)48)34-22-20-33(21-23-34)36-25-29-47-43(31-36)42-30-35(32-12-5-3-6-13-32)24-28-46(42)52(47)37-14-7-4-8-15-37;2*1-45(2)38-17-8-6-14-36(38)42-39(45)25-24-35-34-16-10-15-32(43(34)47-44(35)42)29-21-19-28(20-22-29)30-23-26-41-37(27-30)33-13-7-9-18-40(33)46(41)31-11-4-3-5-12-31/h3-31H,1-2H3;2*3-27H,1-2H3. The van der Waals surface area contributed by atoms with Gasteiger partial charge >= 0.3 is 0 Å². The molecule has 0 radical (unpaired) electrons. The van der Waals surface area contributed by atoms with Crippen LogP contribution in [-0.2, 0) is 16.2 Å². The Labute approximate surface area is 855 Å². The first kappa shape index (κ1) is 85.8. The summed E-state index contributed by atoms with van der Waals surface area (Å²) in [6, 6.07) is 175. The molecule has 6 heteroatoms. The number of aromatic nitrogens is 3. The summed E-state index contributed by atoms with van der Waals surface area (Å²) in [6.45, 7) is 14.0. The second-order valence-corrected chi connectivity index (χ2v) is 42.6. The average Bonchev–Trinajstić information content (AvgIpc) is 1.55. The molecule has 6 aromatic heterocycles. The van der Waals surface area contributed by atoms with Crippen LogP contribution in [-0.4, -0.2) is 13.7 Å². The van der Waals surface area contributed by atoms with Crippen molar-refractivity contribution in [2.45, 2.75) is 57.8 Å². The molecule has 694 valence electrons. The van der Waals surface area contributed by atoms with E-state index in [9.17, 15) is 0 Å². The Bertz CT molecular complexity index is 9910. The molecule has 28 aromatic rings. The number of thiophene rings is 1. The van der Waals surface area contributed by atoms with Gasteiger partial charge in [-0.2, -0.15) is 0 Å². The minimum atomic E-state index is -0.0681. The van der Waals surface area contributed by atoms with Crippen LogP contribution in [0, 0.1) is 0 Å². The molecule has 0 atom stereocenters. The van der Waals surface area contributed by atoms with Crippen molar-refractivity contribution in [3.63, 3.8) is 0 Å². The van der Waals surface area contributed by atoms with E-state index in [1.165, 1.54) is 230 Å². The molecule has 6 heterocycles. The lowest BCUT2D eigenvalue weighted by molar-refractivity contribution is 0.653. The number of fused-ring (bicyclic) bond motifs is 30. The quantitative estimate of drug-likeness (QED) is 0.137. The van der Waals surface area contributed by atoms with E-state index >= 15 is 0 Å². The van der Waals surface area contributed by atoms with Gasteiger partial charge in [-0.3, -0.25) is 0 Å². The summed E-state index contributed by atoms with van der Waals surface area (Å²) in [7, 11) is 0. The van der Waals surface area contributed by atoms with Gasteiger partial charge in [-0.25, -0.2) is 0 Å². The Morgan fingerprint density at radius 2 is 0.422 bits per heavy atom. The second kappa shape index (κ2) is 33.1. The molecule has 0 N–H and O–H groups in total. The third-order valence-electron chi connectivity index (χ3n) is 32.5. The second-order valence-electron chi connectivity index (χ2n) is 41.5. The molecule has 3 aliphatic carbocycles.